The van der Waals surface area contributed by atoms with E-state index in [1.165, 1.54) is 7.11 Å². The first-order valence-corrected chi connectivity index (χ1v) is 5.95. The van der Waals surface area contributed by atoms with Crippen LogP contribution >= 0.6 is 0 Å². The molecule has 5 nitrogen and oxygen atoms in total. The average molecular weight is 250 g/mol. The molecule has 1 aliphatic rings. The number of nitrogen functional groups attached to an aromatic ring is 1. The monoisotopic (exact) mass is 250 g/mol. The first-order chi connectivity index (χ1) is 8.63. The highest BCUT2D eigenvalue weighted by atomic mass is 16.5. The van der Waals surface area contributed by atoms with Crippen molar-refractivity contribution in [2.45, 2.75) is 13.0 Å². The molecule has 0 saturated carbocycles. The number of hydrogen-bond acceptors (Lipinski definition) is 5. The fourth-order valence-electron chi connectivity index (χ4n) is 2.16. The molecule has 18 heavy (non-hydrogen) atoms. The highest BCUT2D eigenvalue weighted by Gasteiger charge is 2.24. The van der Waals surface area contributed by atoms with Crippen LogP contribution in [0.4, 0.5) is 11.4 Å². The summed E-state index contributed by atoms with van der Waals surface area (Å²) < 4.78 is 10.2. The number of hydrogen-bond donors (Lipinski definition) is 1. The molecule has 2 N–H and O–H groups in total. The Labute approximate surface area is 106 Å². The molecule has 1 atom stereocenters. The zero-order valence-corrected chi connectivity index (χ0v) is 10.7. The molecule has 5 heteroatoms. The molecule has 1 saturated heterocycles. The van der Waals surface area contributed by atoms with Crippen molar-refractivity contribution in [2.24, 2.45) is 0 Å². The maximum atomic E-state index is 11.8. The van der Waals surface area contributed by atoms with E-state index in [-0.39, 0.29) is 12.0 Å². The lowest BCUT2D eigenvalue weighted by Crippen LogP contribution is -2.44. The first-order valence-electron chi connectivity index (χ1n) is 5.95. The van der Waals surface area contributed by atoms with Gasteiger partial charge in [-0.25, -0.2) is 4.79 Å². The number of ether oxygens (including phenoxy) is 2. The highest BCUT2D eigenvalue weighted by molar-refractivity contribution is 5.97. The van der Waals surface area contributed by atoms with Gasteiger partial charge in [-0.15, -0.1) is 0 Å². The lowest BCUT2D eigenvalue weighted by atomic mass is 10.1. The number of carbonyl (C=O) groups excluding carboxylic acids is 1. The van der Waals surface area contributed by atoms with Gasteiger partial charge in [0.25, 0.3) is 0 Å². The molecule has 1 heterocycles. The van der Waals surface area contributed by atoms with Crippen molar-refractivity contribution in [3.63, 3.8) is 0 Å². The van der Waals surface area contributed by atoms with E-state index in [1.54, 1.807) is 12.1 Å². The second-order valence-electron chi connectivity index (χ2n) is 4.39. The standard InChI is InChI=1S/C13H18N2O3/c1-9-8-18-6-5-15(9)12-4-3-10(14)7-11(12)13(16)17-2/h3-4,7,9H,5-6,8,14H2,1-2H3. The summed E-state index contributed by atoms with van der Waals surface area (Å²) >= 11 is 0. The Kier molecular flexibility index (Phi) is 3.72. The quantitative estimate of drug-likeness (QED) is 0.632. The third-order valence-corrected chi connectivity index (χ3v) is 3.10. The van der Waals surface area contributed by atoms with Crippen LogP contribution in [0.3, 0.4) is 0 Å². The van der Waals surface area contributed by atoms with E-state index in [2.05, 4.69) is 11.8 Å². The van der Waals surface area contributed by atoms with Crippen LogP contribution in [0.25, 0.3) is 0 Å². The maximum Gasteiger partial charge on any atom is 0.340 e. The van der Waals surface area contributed by atoms with Crippen LogP contribution in [0, 0.1) is 0 Å². The minimum Gasteiger partial charge on any atom is -0.465 e. The third-order valence-electron chi connectivity index (χ3n) is 3.10. The molecule has 0 radical (unpaired) electrons. The van der Waals surface area contributed by atoms with E-state index in [0.717, 1.165) is 12.2 Å². The summed E-state index contributed by atoms with van der Waals surface area (Å²) in [5.74, 6) is -0.365. The number of anilines is 2. The van der Waals surface area contributed by atoms with E-state index in [0.29, 0.717) is 24.5 Å². The van der Waals surface area contributed by atoms with Gasteiger partial charge in [-0.3, -0.25) is 0 Å². The smallest absolute Gasteiger partial charge is 0.340 e. The molecule has 2 rings (SSSR count). The molecule has 1 aliphatic heterocycles. The van der Waals surface area contributed by atoms with E-state index in [9.17, 15) is 4.79 Å². The molecule has 0 amide bonds. The largest absolute Gasteiger partial charge is 0.465 e. The summed E-state index contributed by atoms with van der Waals surface area (Å²) in [5, 5.41) is 0. The first kappa shape index (κ1) is 12.7. The molecule has 0 aliphatic carbocycles. The number of benzene rings is 1. The van der Waals surface area contributed by atoms with Gasteiger partial charge >= 0.3 is 5.97 Å². The Morgan fingerprint density at radius 3 is 3.00 bits per heavy atom. The fraction of sp³-hybridized carbons (Fsp3) is 0.462. The van der Waals surface area contributed by atoms with Gasteiger partial charge in [-0.05, 0) is 25.1 Å². The fourth-order valence-corrected chi connectivity index (χ4v) is 2.16. The van der Waals surface area contributed by atoms with E-state index < -0.39 is 0 Å². The summed E-state index contributed by atoms with van der Waals surface area (Å²) in [7, 11) is 1.37. The molecule has 1 aromatic rings. The zero-order valence-electron chi connectivity index (χ0n) is 10.7. The van der Waals surface area contributed by atoms with Crippen LogP contribution in [0.5, 0.6) is 0 Å². The van der Waals surface area contributed by atoms with Gasteiger partial charge < -0.3 is 20.1 Å². The summed E-state index contributed by atoms with van der Waals surface area (Å²) in [4.78, 5) is 13.9. The van der Waals surface area contributed by atoms with Crippen molar-refractivity contribution in [1.82, 2.24) is 0 Å². The summed E-state index contributed by atoms with van der Waals surface area (Å²) in [6.07, 6.45) is 0. The number of nitrogens with zero attached hydrogens (tertiary/aromatic N) is 1. The van der Waals surface area contributed by atoms with Gasteiger partial charge in [0.15, 0.2) is 0 Å². The Balaban J connectivity index is 2.39. The molecule has 1 fully saturated rings. The number of nitrogens with two attached hydrogens (primary N) is 1. The van der Waals surface area contributed by atoms with Crippen LogP contribution < -0.4 is 10.6 Å². The molecule has 0 bridgehead atoms. The predicted octanol–water partition coefficient (Wildman–Crippen LogP) is 1.28. The van der Waals surface area contributed by atoms with Crippen molar-refractivity contribution in [3.05, 3.63) is 23.8 Å². The molecule has 1 unspecified atom stereocenters. The van der Waals surface area contributed by atoms with Crippen molar-refractivity contribution in [3.8, 4) is 0 Å². The second kappa shape index (κ2) is 5.27. The van der Waals surface area contributed by atoms with Gasteiger partial charge in [-0.2, -0.15) is 0 Å². The molecule has 1 aromatic carbocycles. The molecular formula is C13H18N2O3. The lowest BCUT2D eigenvalue weighted by molar-refractivity contribution is 0.0599. The number of methoxy groups -OCH3 is 1. The van der Waals surface area contributed by atoms with E-state index >= 15 is 0 Å². The van der Waals surface area contributed by atoms with Crippen LogP contribution in [-0.2, 0) is 9.47 Å². The van der Waals surface area contributed by atoms with Crippen molar-refractivity contribution >= 4 is 17.3 Å². The second-order valence-corrected chi connectivity index (χ2v) is 4.39. The Morgan fingerprint density at radius 1 is 1.56 bits per heavy atom. The average Bonchev–Trinajstić information content (AvgIpc) is 2.39. The van der Waals surface area contributed by atoms with Gasteiger partial charge in [0.1, 0.15) is 0 Å². The molecule has 98 valence electrons. The summed E-state index contributed by atoms with van der Waals surface area (Å²) in [5.41, 5.74) is 7.65. The van der Waals surface area contributed by atoms with Crippen LogP contribution in [0.2, 0.25) is 0 Å². The Morgan fingerprint density at radius 2 is 2.33 bits per heavy atom. The zero-order chi connectivity index (χ0) is 13.1. The third kappa shape index (κ3) is 2.41. The van der Waals surface area contributed by atoms with Crippen LogP contribution in [0.15, 0.2) is 18.2 Å². The van der Waals surface area contributed by atoms with E-state index in [4.69, 9.17) is 15.2 Å². The number of morpholine rings is 1. The predicted molar refractivity (Wildman–Crippen MR) is 69.8 cm³/mol. The van der Waals surface area contributed by atoms with Gasteiger partial charge in [0, 0.05) is 18.3 Å². The minimum atomic E-state index is -0.365. The summed E-state index contributed by atoms with van der Waals surface area (Å²) in [6, 6.07) is 5.54. The summed E-state index contributed by atoms with van der Waals surface area (Å²) in [6.45, 7) is 4.14. The SMILES string of the molecule is COC(=O)c1cc(N)ccc1N1CCOCC1C. The van der Waals surface area contributed by atoms with Gasteiger partial charge in [0.2, 0.25) is 0 Å². The normalized spacial score (nSPS) is 19.7. The number of rotatable bonds is 2. The van der Waals surface area contributed by atoms with Crippen molar-refractivity contribution in [1.29, 1.82) is 0 Å². The molecule has 0 spiro atoms. The highest BCUT2D eigenvalue weighted by Crippen LogP contribution is 2.27. The lowest BCUT2D eigenvalue weighted by Gasteiger charge is -2.36. The van der Waals surface area contributed by atoms with Gasteiger partial charge in [-0.1, -0.05) is 0 Å². The maximum absolute atomic E-state index is 11.8. The molecule has 0 aromatic heterocycles. The van der Waals surface area contributed by atoms with Gasteiger partial charge in [0.05, 0.1) is 31.6 Å². The number of esters is 1. The van der Waals surface area contributed by atoms with E-state index in [1.807, 2.05) is 6.07 Å². The van der Waals surface area contributed by atoms with Crippen LogP contribution in [0.1, 0.15) is 17.3 Å². The number of carbonyl (C=O) groups is 1. The topological polar surface area (TPSA) is 64.8 Å². The van der Waals surface area contributed by atoms with Crippen molar-refractivity contribution in [2.75, 3.05) is 37.5 Å². The Hall–Kier alpha value is -1.75. The van der Waals surface area contributed by atoms with Crippen LogP contribution in [-0.4, -0.2) is 38.9 Å². The van der Waals surface area contributed by atoms with Crippen molar-refractivity contribution < 1.29 is 14.3 Å². The Bertz CT molecular complexity index is 448. The minimum absolute atomic E-state index is 0.228. The molecular weight excluding hydrogens is 232 g/mol.